The molecule has 1 saturated heterocycles. The molecule has 130 valence electrons. The predicted octanol–water partition coefficient (Wildman–Crippen LogP) is -1.44. The summed E-state index contributed by atoms with van der Waals surface area (Å²) >= 11 is 0. The maximum absolute atomic E-state index is 11.2. The average molecular weight is 338 g/mol. The van der Waals surface area contributed by atoms with Crippen LogP contribution in [0.5, 0.6) is 0 Å². The first-order valence-electron chi connectivity index (χ1n) is 7.35. The fraction of sp³-hybridized carbons (Fsp3) is 0.538. The molecule has 4 atom stereocenters. The summed E-state index contributed by atoms with van der Waals surface area (Å²) in [5.74, 6) is -0.383. The molecule has 3 rings (SSSR count). The van der Waals surface area contributed by atoms with E-state index in [9.17, 15) is 15.0 Å². The molecule has 0 amide bonds. The lowest BCUT2D eigenvalue weighted by Crippen LogP contribution is -2.34. The third kappa shape index (κ3) is 2.72. The molecular weight excluding hydrogens is 320 g/mol. The minimum absolute atomic E-state index is 0.0526. The summed E-state index contributed by atoms with van der Waals surface area (Å²) in [5.41, 5.74) is 11.9. The van der Waals surface area contributed by atoms with Crippen LogP contribution >= 0.6 is 0 Å². The summed E-state index contributed by atoms with van der Waals surface area (Å²) in [5, 5.41) is 20.4. The highest BCUT2D eigenvalue weighted by molar-refractivity contribution is 5.82. The Balaban J connectivity index is 1.86. The summed E-state index contributed by atoms with van der Waals surface area (Å²) in [6.07, 6.45) is -2.82. The molecule has 0 aromatic carbocycles. The normalized spacial score (nSPS) is 26.8. The smallest absolute Gasteiger partial charge is 0.305 e. The number of rotatable bonds is 4. The van der Waals surface area contributed by atoms with Gasteiger partial charge in [0, 0.05) is 6.42 Å². The SMILES string of the molecule is CCC(=O)OC[C@H]1O[C@@H](n2cnc3c(N)nc(N)nc32)[C@H](O)[C@@H]1O. The van der Waals surface area contributed by atoms with E-state index < -0.39 is 30.5 Å². The standard InChI is InChI=1S/C13H18N6O5/c1-2-6(20)23-3-5-8(21)9(22)12(24-5)19-4-16-7-10(14)17-13(15)18-11(7)19/h4-5,8-9,12,21-22H,2-3H2,1H3,(H4,14,15,17,18)/t5-,8-,9-,12-/m1/s1. The van der Waals surface area contributed by atoms with Gasteiger partial charge in [-0.25, -0.2) is 4.98 Å². The number of nitrogens with two attached hydrogens (primary N) is 2. The number of hydrogen-bond donors (Lipinski definition) is 4. The maximum atomic E-state index is 11.2. The van der Waals surface area contributed by atoms with Crippen LogP contribution in [0.4, 0.5) is 11.8 Å². The number of nitrogen functional groups attached to an aromatic ring is 2. The van der Waals surface area contributed by atoms with Crippen LogP contribution in [0.2, 0.25) is 0 Å². The zero-order valence-electron chi connectivity index (χ0n) is 12.9. The lowest BCUT2D eigenvalue weighted by Gasteiger charge is -2.16. The largest absolute Gasteiger partial charge is 0.463 e. The van der Waals surface area contributed by atoms with Gasteiger partial charge in [-0.1, -0.05) is 6.92 Å². The van der Waals surface area contributed by atoms with E-state index in [1.54, 1.807) is 6.92 Å². The van der Waals surface area contributed by atoms with Gasteiger partial charge < -0.3 is 31.2 Å². The van der Waals surface area contributed by atoms with Crippen molar-refractivity contribution < 1.29 is 24.5 Å². The van der Waals surface area contributed by atoms with Gasteiger partial charge in [-0.15, -0.1) is 0 Å². The quantitative estimate of drug-likeness (QED) is 0.484. The Labute approximate surface area is 136 Å². The number of carbonyl (C=O) groups excluding carboxylic acids is 1. The number of ether oxygens (including phenoxy) is 2. The average Bonchev–Trinajstić information content (AvgIpc) is 3.08. The second kappa shape index (κ2) is 6.19. The van der Waals surface area contributed by atoms with Crippen LogP contribution in [-0.2, 0) is 14.3 Å². The molecule has 3 heterocycles. The number of carbonyl (C=O) groups is 1. The van der Waals surface area contributed by atoms with Gasteiger partial charge in [-0.3, -0.25) is 9.36 Å². The van der Waals surface area contributed by atoms with Gasteiger partial charge in [0.05, 0.1) is 6.33 Å². The van der Waals surface area contributed by atoms with Gasteiger partial charge in [0.1, 0.15) is 30.4 Å². The Bertz CT molecular complexity index is 765. The van der Waals surface area contributed by atoms with Gasteiger partial charge in [0.15, 0.2) is 17.7 Å². The van der Waals surface area contributed by atoms with Gasteiger partial charge in [0.2, 0.25) is 5.95 Å². The van der Waals surface area contributed by atoms with Crippen LogP contribution in [0, 0.1) is 0 Å². The number of anilines is 2. The molecule has 1 aliphatic heterocycles. The second-order valence-electron chi connectivity index (χ2n) is 5.37. The predicted molar refractivity (Wildman–Crippen MR) is 81.3 cm³/mol. The Morgan fingerprint density at radius 1 is 1.38 bits per heavy atom. The van der Waals surface area contributed by atoms with Crippen LogP contribution in [0.1, 0.15) is 19.6 Å². The zero-order chi connectivity index (χ0) is 17.4. The highest BCUT2D eigenvalue weighted by Crippen LogP contribution is 2.32. The van der Waals surface area contributed by atoms with E-state index in [0.717, 1.165) is 0 Å². The van der Waals surface area contributed by atoms with Crippen LogP contribution < -0.4 is 11.5 Å². The van der Waals surface area contributed by atoms with E-state index >= 15 is 0 Å². The zero-order valence-corrected chi connectivity index (χ0v) is 12.9. The molecule has 0 aliphatic carbocycles. The van der Waals surface area contributed by atoms with Crippen molar-refractivity contribution in [3.8, 4) is 0 Å². The third-order valence-electron chi connectivity index (χ3n) is 3.77. The minimum Gasteiger partial charge on any atom is -0.463 e. The molecule has 0 unspecified atom stereocenters. The second-order valence-corrected chi connectivity index (χ2v) is 5.37. The maximum Gasteiger partial charge on any atom is 0.305 e. The van der Waals surface area contributed by atoms with E-state index in [2.05, 4.69) is 15.0 Å². The summed E-state index contributed by atoms with van der Waals surface area (Å²) in [4.78, 5) is 23.2. The van der Waals surface area contributed by atoms with Crippen LogP contribution in [-0.4, -0.2) is 60.6 Å². The van der Waals surface area contributed by atoms with Crippen molar-refractivity contribution in [1.82, 2.24) is 19.5 Å². The summed E-state index contributed by atoms with van der Waals surface area (Å²) in [7, 11) is 0. The molecule has 11 heteroatoms. The molecule has 1 fully saturated rings. The Kier molecular flexibility index (Phi) is 4.22. The van der Waals surface area contributed by atoms with E-state index in [0.29, 0.717) is 5.52 Å². The molecule has 1 aliphatic rings. The number of aliphatic hydroxyl groups excluding tert-OH is 2. The van der Waals surface area contributed by atoms with Crippen LogP contribution in [0.25, 0.3) is 11.2 Å². The van der Waals surface area contributed by atoms with Gasteiger partial charge >= 0.3 is 5.97 Å². The van der Waals surface area contributed by atoms with E-state index in [1.807, 2.05) is 0 Å². The number of imidazole rings is 1. The summed E-state index contributed by atoms with van der Waals surface area (Å²) < 4.78 is 12.0. The number of nitrogens with zero attached hydrogens (tertiary/aromatic N) is 4. The molecule has 2 aromatic rings. The van der Waals surface area contributed by atoms with Gasteiger partial charge in [-0.2, -0.15) is 9.97 Å². The number of esters is 1. The van der Waals surface area contributed by atoms with E-state index in [4.69, 9.17) is 20.9 Å². The third-order valence-corrected chi connectivity index (χ3v) is 3.77. The monoisotopic (exact) mass is 338 g/mol. The van der Waals surface area contributed by atoms with Crippen molar-refractivity contribution in [2.24, 2.45) is 0 Å². The highest BCUT2D eigenvalue weighted by atomic mass is 16.6. The lowest BCUT2D eigenvalue weighted by molar-refractivity contribution is -0.149. The molecule has 0 spiro atoms. The molecule has 2 aromatic heterocycles. The van der Waals surface area contributed by atoms with Crippen molar-refractivity contribution in [2.45, 2.75) is 37.9 Å². The molecule has 0 radical (unpaired) electrons. The molecule has 11 nitrogen and oxygen atoms in total. The Morgan fingerprint density at radius 2 is 2.12 bits per heavy atom. The fourth-order valence-corrected chi connectivity index (χ4v) is 2.52. The first-order chi connectivity index (χ1) is 11.4. The molecule has 24 heavy (non-hydrogen) atoms. The summed E-state index contributed by atoms with van der Waals surface area (Å²) in [6.45, 7) is 1.48. The summed E-state index contributed by atoms with van der Waals surface area (Å²) in [6, 6.07) is 0. The fourth-order valence-electron chi connectivity index (χ4n) is 2.52. The first kappa shape index (κ1) is 16.4. The molecule has 6 N–H and O–H groups in total. The molecule has 0 saturated carbocycles. The van der Waals surface area contributed by atoms with Crippen molar-refractivity contribution in [1.29, 1.82) is 0 Å². The van der Waals surface area contributed by atoms with Crippen molar-refractivity contribution in [3.05, 3.63) is 6.33 Å². The Morgan fingerprint density at radius 3 is 2.83 bits per heavy atom. The lowest BCUT2D eigenvalue weighted by atomic mass is 10.1. The van der Waals surface area contributed by atoms with Gasteiger partial charge in [0.25, 0.3) is 0 Å². The number of fused-ring (bicyclic) bond motifs is 1. The highest BCUT2D eigenvalue weighted by Gasteiger charge is 2.44. The van der Waals surface area contributed by atoms with E-state index in [1.165, 1.54) is 10.9 Å². The van der Waals surface area contributed by atoms with Crippen molar-refractivity contribution >= 4 is 28.9 Å². The van der Waals surface area contributed by atoms with Crippen molar-refractivity contribution in [3.63, 3.8) is 0 Å². The minimum atomic E-state index is -1.27. The first-order valence-corrected chi connectivity index (χ1v) is 7.35. The number of hydrogen-bond acceptors (Lipinski definition) is 10. The van der Waals surface area contributed by atoms with E-state index in [-0.39, 0.29) is 30.4 Å². The van der Waals surface area contributed by atoms with Crippen LogP contribution in [0.3, 0.4) is 0 Å². The number of aromatic nitrogens is 4. The molecule has 0 bridgehead atoms. The van der Waals surface area contributed by atoms with Gasteiger partial charge in [-0.05, 0) is 0 Å². The molecular formula is C13H18N6O5. The number of aliphatic hydroxyl groups is 2. The van der Waals surface area contributed by atoms with Crippen LogP contribution in [0.15, 0.2) is 6.33 Å². The Hall–Kier alpha value is -2.50. The van der Waals surface area contributed by atoms with Crippen molar-refractivity contribution in [2.75, 3.05) is 18.1 Å². The topological polar surface area (TPSA) is 172 Å².